The van der Waals surface area contributed by atoms with E-state index in [-0.39, 0.29) is 0 Å². The maximum atomic E-state index is 5.82. The molecule has 0 atom stereocenters. The van der Waals surface area contributed by atoms with E-state index in [0.717, 1.165) is 22.3 Å². The minimum atomic E-state index is 0.491. The Balaban J connectivity index is 1.86. The third-order valence-corrected chi connectivity index (χ3v) is 3.20. The molecule has 0 radical (unpaired) electrons. The highest BCUT2D eigenvalue weighted by atomic mass is 16.5. The van der Waals surface area contributed by atoms with Crippen molar-refractivity contribution in [2.75, 3.05) is 0 Å². The van der Waals surface area contributed by atoms with Crippen LogP contribution in [0.1, 0.15) is 11.3 Å². The van der Waals surface area contributed by atoms with Gasteiger partial charge in [0.2, 0.25) is 0 Å². The molecule has 0 N–H and O–H groups in total. The zero-order valence-electron chi connectivity index (χ0n) is 11.1. The number of fused-ring (bicyclic) bond motifs is 1. The Labute approximate surface area is 112 Å². The van der Waals surface area contributed by atoms with Crippen LogP contribution in [0.25, 0.3) is 10.9 Å². The van der Waals surface area contributed by atoms with Crippen molar-refractivity contribution in [2.24, 2.45) is 7.05 Å². The molecule has 0 spiro atoms. The molecule has 1 aromatic heterocycles. The normalized spacial score (nSPS) is 10.8. The molecule has 3 nitrogen and oxygen atoms in total. The minimum absolute atomic E-state index is 0.491. The summed E-state index contributed by atoms with van der Waals surface area (Å²) in [6, 6.07) is 16.3. The van der Waals surface area contributed by atoms with Crippen LogP contribution in [0.4, 0.5) is 0 Å². The lowest BCUT2D eigenvalue weighted by atomic mass is 10.2. The molecule has 96 valence electrons. The number of aromatic nitrogens is 2. The average Bonchev–Trinajstić information content (AvgIpc) is 2.74. The summed E-state index contributed by atoms with van der Waals surface area (Å²) in [4.78, 5) is 0. The van der Waals surface area contributed by atoms with E-state index >= 15 is 0 Å². The fourth-order valence-electron chi connectivity index (χ4n) is 2.25. The van der Waals surface area contributed by atoms with E-state index in [9.17, 15) is 0 Å². The number of ether oxygens (including phenoxy) is 1. The lowest BCUT2D eigenvalue weighted by Gasteiger charge is -2.05. The van der Waals surface area contributed by atoms with Crippen molar-refractivity contribution in [3.05, 3.63) is 59.8 Å². The predicted molar refractivity (Wildman–Crippen MR) is 76.2 cm³/mol. The molecule has 0 aliphatic rings. The second kappa shape index (κ2) is 4.76. The number of para-hydroxylation sites is 1. The fourth-order valence-corrected chi connectivity index (χ4v) is 2.25. The predicted octanol–water partition coefficient (Wildman–Crippen LogP) is 3.46. The van der Waals surface area contributed by atoms with Crippen LogP contribution in [-0.2, 0) is 13.7 Å². The van der Waals surface area contributed by atoms with Crippen molar-refractivity contribution in [3.63, 3.8) is 0 Å². The molecule has 0 bridgehead atoms. The molecule has 0 unspecified atom stereocenters. The van der Waals surface area contributed by atoms with Gasteiger partial charge in [0.15, 0.2) is 0 Å². The van der Waals surface area contributed by atoms with Gasteiger partial charge in [-0.05, 0) is 30.7 Å². The van der Waals surface area contributed by atoms with Gasteiger partial charge in [0.25, 0.3) is 0 Å². The molecule has 0 fully saturated rings. The minimum Gasteiger partial charge on any atom is -0.487 e. The van der Waals surface area contributed by atoms with Crippen LogP contribution in [0.2, 0.25) is 0 Å². The molecule has 0 saturated carbocycles. The summed E-state index contributed by atoms with van der Waals surface area (Å²) in [5.74, 6) is 0.884. The first kappa shape index (κ1) is 11.8. The van der Waals surface area contributed by atoms with Crippen LogP contribution in [0.5, 0.6) is 5.75 Å². The van der Waals surface area contributed by atoms with Crippen LogP contribution >= 0.6 is 0 Å². The van der Waals surface area contributed by atoms with Crippen LogP contribution in [0, 0.1) is 6.92 Å². The first-order valence-electron chi connectivity index (χ1n) is 6.34. The van der Waals surface area contributed by atoms with Gasteiger partial charge in [0.1, 0.15) is 18.1 Å². The molecule has 0 aliphatic carbocycles. The Morgan fingerprint density at radius 1 is 1.11 bits per heavy atom. The van der Waals surface area contributed by atoms with E-state index < -0.39 is 0 Å². The van der Waals surface area contributed by atoms with Crippen molar-refractivity contribution >= 4 is 10.9 Å². The molecule has 3 aromatic rings. The summed E-state index contributed by atoms with van der Waals surface area (Å²) in [6.07, 6.45) is 0. The van der Waals surface area contributed by atoms with Gasteiger partial charge in [-0.15, -0.1) is 0 Å². The molecule has 3 heteroatoms. The highest BCUT2D eigenvalue weighted by Crippen LogP contribution is 2.20. The van der Waals surface area contributed by atoms with Gasteiger partial charge in [-0.2, -0.15) is 5.10 Å². The molecule has 0 aliphatic heterocycles. The molecule has 2 aromatic carbocycles. The lowest BCUT2D eigenvalue weighted by molar-refractivity contribution is 0.301. The van der Waals surface area contributed by atoms with E-state index in [1.807, 2.05) is 42.1 Å². The third kappa shape index (κ3) is 2.32. The van der Waals surface area contributed by atoms with Gasteiger partial charge in [-0.3, -0.25) is 4.68 Å². The molecule has 1 heterocycles. The SMILES string of the molecule is Cc1cccc(OCc2nn(C)c3ccccc23)c1. The van der Waals surface area contributed by atoms with Gasteiger partial charge in [0.05, 0.1) is 5.52 Å². The summed E-state index contributed by atoms with van der Waals surface area (Å²) in [5.41, 5.74) is 3.30. The number of hydrogen-bond donors (Lipinski definition) is 0. The first-order valence-corrected chi connectivity index (χ1v) is 6.34. The van der Waals surface area contributed by atoms with E-state index in [1.165, 1.54) is 5.56 Å². The van der Waals surface area contributed by atoms with Crippen LogP contribution in [0.3, 0.4) is 0 Å². The second-order valence-electron chi connectivity index (χ2n) is 4.69. The van der Waals surface area contributed by atoms with Crippen LogP contribution in [-0.4, -0.2) is 9.78 Å². The smallest absolute Gasteiger partial charge is 0.133 e. The summed E-state index contributed by atoms with van der Waals surface area (Å²) in [7, 11) is 1.96. The zero-order chi connectivity index (χ0) is 13.2. The number of aryl methyl sites for hydroxylation is 2. The van der Waals surface area contributed by atoms with Gasteiger partial charge in [-0.25, -0.2) is 0 Å². The van der Waals surface area contributed by atoms with Crippen molar-refractivity contribution in [1.82, 2.24) is 9.78 Å². The number of benzene rings is 2. The molecular weight excluding hydrogens is 236 g/mol. The summed E-state index contributed by atoms with van der Waals surface area (Å²) >= 11 is 0. The molecule has 0 saturated heterocycles. The number of rotatable bonds is 3. The lowest BCUT2D eigenvalue weighted by Crippen LogP contribution is -1.98. The Bertz CT molecular complexity index is 716. The van der Waals surface area contributed by atoms with E-state index in [0.29, 0.717) is 6.61 Å². The topological polar surface area (TPSA) is 27.1 Å². The molecule has 0 amide bonds. The Kier molecular flexibility index (Phi) is 2.95. The van der Waals surface area contributed by atoms with Crippen LogP contribution in [0.15, 0.2) is 48.5 Å². The monoisotopic (exact) mass is 252 g/mol. The average molecular weight is 252 g/mol. The maximum absolute atomic E-state index is 5.82. The first-order chi connectivity index (χ1) is 9.24. The molecule has 3 rings (SSSR count). The van der Waals surface area contributed by atoms with Crippen LogP contribution < -0.4 is 4.74 Å². The van der Waals surface area contributed by atoms with Gasteiger partial charge < -0.3 is 4.74 Å². The third-order valence-electron chi connectivity index (χ3n) is 3.20. The maximum Gasteiger partial charge on any atom is 0.133 e. The summed E-state index contributed by atoms with van der Waals surface area (Å²) in [5, 5.41) is 5.67. The number of hydrogen-bond acceptors (Lipinski definition) is 2. The van der Waals surface area contributed by atoms with Gasteiger partial charge in [-0.1, -0.05) is 30.3 Å². The molecular formula is C16H16N2O. The second-order valence-corrected chi connectivity index (χ2v) is 4.69. The van der Waals surface area contributed by atoms with Crippen molar-refractivity contribution in [2.45, 2.75) is 13.5 Å². The van der Waals surface area contributed by atoms with E-state index in [1.54, 1.807) is 0 Å². The Hall–Kier alpha value is -2.29. The summed E-state index contributed by atoms with van der Waals surface area (Å²) in [6.45, 7) is 2.55. The Morgan fingerprint density at radius 2 is 1.95 bits per heavy atom. The zero-order valence-corrected chi connectivity index (χ0v) is 11.1. The van der Waals surface area contributed by atoms with Crippen molar-refractivity contribution in [1.29, 1.82) is 0 Å². The largest absolute Gasteiger partial charge is 0.487 e. The quantitative estimate of drug-likeness (QED) is 0.713. The van der Waals surface area contributed by atoms with Crippen molar-refractivity contribution in [3.8, 4) is 5.75 Å². The summed E-state index contributed by atoms with van der Waals surface area (Å²) < 4.78 is 7.71. The van der Waals surface area contributed by atoms with Gasteiger partial charge in [0, 0.05) is 12.4 Å². The molecule has 19 heavy (non-hydrogen) atoms. The highest BCUT2D eigenvalue weighted by Gasteiger charge is 2.08. The van der Waals surface area contributed by atoms with E-state index in [2.05, 4.69) is 30.2 Å². The standard InChI is InChI=1S/C16H16N2O/c1-12-6-5-7-13(10-12)19-11-15-14-8-3-4-9-16(14)18(2)17-15/h3-10H,11H2,1-2H3. The highest BCUT2D eigenvalue weighted by molar-refractivity contribution is 5.81. The number of nitrogens with zero attached hydrogens (tertiary/aromatic N) is 2. The Morgan fingerprint density at radius 3 is 2.79 bits per heavy atom. The fraction of sp³-hybridized carbons (Fsp3) is 0.188. The van der Waals surface area contributed by atoms with Crippen molar-refractivity contribution < 1.29 is 4.74 Å². The van der Waals surface area contributed by atoms with E-state index in [4.69, 9.17) is 4.74 Å². The van der Waals surface area contributed by atoms with Gasteiger partial charge >= 0.3 is 0 Å².